The molecule has 2 aromatic heterocycles. The van der Waals surface area contributed by atoms with Crippen molar-refractivity contribution in [3.05, 3.63) is 41.0 Å². The van der Waals surface area contributed by atoms with Crippen LogP contribution < -0.4 is 0 Å². The van der Waals surface area contributed by atoms with E-state index in [0.717, 1.165) is 27.6 Å². The van der Waals surface area contributed by atoms with E-state index in [1.165, 1.54) is 5.56 Å². The Morgan fingerprint density at radius 2 is 1.95 bits per heavy atom. The van der Waals surface area contributed by atoms with Gasteiger partial charge in [-0.15, -0.1) is 0 Å². The first-order valence-corrected chi connectivity index (χ1v) is 7.35. The van der Waals surface area contributed by atoms with Crippen molar-refractivity contribution in [3.8, 4) is 11.3 Å². The molecule has 3 nitrogen and oxygen atoms in total. The molecule has 2 heterocycles. The van der Waals surface area contributed by atoms with E-state index < -0.39 is 0 Å². The van der Waals surface area contributed by atoms with E-state index in [1.54, 1.807) is 11.3 Å². The number of benzene rings is 1. The number of imidazole rings is 1. The minimum absolute atomic E-state index is 0.632. The largest absolute Gasteiger partial charge is 0.217 e. The van der Waals surface area contributed by atoms with Crippen LogP contribution in [0.3, 0.4) is 0 Å². The van der Waals surface area contributed by atoms with Crippen LogP contribution in [-0.4, -0.2) is 14.6 Å². The summed E-state index contributed by atoms with van der Waals surface area (Å²) in [6, 6.07) is 8.44. The lowest BCUT2D eigenvalue weighted by Gasteiger charge is -1.98. The Hall–Kier alpha value is -1.68. The third-order valence-electron chi connectivity index (χ3n) is 3.02. The molecule has 19 heavy (non-hydrogen) atoms. The number of hydrogen-bond donors (Lipinski definition) is 0. The minimum atomic E-state index is 0.632. The first-order valence-electron chi connectivity index (χ1n) is 6.54. The Kier molecular flexibility index (Phi) is 3.11. The predicted octanol–water partition coefficient (Wildman–Crippen LogP) is 3.96. The van der Waals surface area contributed by atoms with E-state index in [9.17, 15) is 0 Å². The van der Waals surface area contributed by atoms with Gasteiger partial charge < -0.3 is 0 Å². The number of nitrogens with zero attached hydrogens (tertiary/aromatic N) is 3. The molecule has 0 aliphatic carbocycles. The Bertz CT molecular complexity index is 660. The second-order valence-corrected chi connectivity index (χ2v) is 6.35. The van der Waals surface area contributed by atoms with Crippen LogP contribution in [0.5, 0.6) is 0 Å². The highest BCUT2D eigenvalue weighted by molar-refractivity contribution is 7.16. The number of aromatic nitrogens is 3. The molecule has 1 aromatic carbocycles. The molecule has 0 aliphatic heterocycles. The summed E-state index contributed by atoms with van der Waals surface area (Å²) in [5.74, 6) is 0.632. The maximum absolute atomic E-state index is 4.66. The molecular formula is C15H17N3S. The summed E-state index contributed by atoms with van der Waals surface area (Å²) in [6.07, 6.45) is 3.04. The van der Waals surface area contributed by atoms with Crippen LogP contribution in [0.2, 0.25) is 0 Å². The summed E-state index contributed by atoms with van der Waals surface area (Å²) in [7, 11) is 0. The van der Waals surface area contributed by atoms with Crippen LogP contribution in [-0.2, 0) is 6.42 Å². The van der Waals surface area contributed by atoms with E-state index in [1.807, 2.05) is 10.7 Å². The van der Waals surface area contributed by atoms with Gasteiger partial charge in [-0.05, 0) is 12.8 Å². The van der Waals surface area contributed by atoms with E-state index >= 15 is 0 Å². The third kappa shape index (κ3) is 2.54. The van der Waals surface area contributed by atoms with Crippen LogP contribution in [0.1, 0.15) is 24.4 Å². The highest BCUT2D eigenvalue weighted by atomic mass is 32.1. The summed E-state index contributed by atoms with van der Waals surface area (Å²) >= 11 is 1.68. The van der Waals surface area contributed by atoms with Crippen LogP contribution in [0.4, 0.5) is 0 Å². The van der Waals surface area contributed by atoms with Crippen LogP contribution in [0.15, 0.2) is 30.5 Å². The molecule has 0 amide bonds. The zero-order chi connectivity index (χ0) is 13.4. The van der Waals surface area contributed by atoms with Gasteiger partial charge in [-0.2, -0.15) is 5.10 Å². The molecule has 0 aliphatic rings. The summed E-state index contributed by atoms with van der Waals surface area (Å²) < 4.78 is 1.90. The number of hydrogen-bond acceptors (Lipinski definition) is 3. The highest BCUT2D eigenvalue weighted by Gasteiger charge is 2.10. The average molecular weight is 271 g/mol. The zero-order valence-corrected chi connectivity index (χ0v) is 12.2. The molecule has 0 N–H and O–H groups in total. The number of aryl methyl sites for hydroxylation is 1. The Labute approximate surface area is 116 Å². The minimum Gasteiger partial charge on any atom is -0.217 e. The van der Waals surface area contributed by atoms with Crippen molar-refractivity contribution in [3.63, 3.8) is 0 Å². The molecule has 0 unspecified atom stereocenters. The summed E-state index contributed by atoms with van der Waals surface area (Å²) in [6.45, 7) is 6.51. The van der Waals surface area contributed by atoms with Crippen molar-refractivity contribution in [2.75, 3.05) is 0 Å². The summed E-state index contributed by atoms with van der Waals surface area (Å²) in [5, 5.41) is 5.75. The first kappa shape index (κ1) is 12.4. The third-order valence-corrected chi connectivity index (χ3v) is 3.96. The van der Waals surface area contributed by atoms with Gasteiger partial charge in [0.1, 0.15) is 5.01 Å². The second-order valence-electron chi connectivity index (χ2n) is 5.31. The summed E-state index contributed by atoms with van der Waals surface area (Å²) in [4.78, 5) is 5.64. The Balaban J connectivity index is 1.94. The van der Waals surface area contributed by atoms with Gasteiger partial charge in [0, 0.05) is 12.0 Å². The van der Waals surface area contributed by atoms with Crippen LogP contribution in [0.25, 0.3) is 16.2 Å². The van der Waals surface area contributed by atoms with E-state index in [-0.39, 0.29) is 0 Å². The molecule has 3 rings (SSSR count). The van der Waals surface area contributed by atoms with E-state index in [0.29, 0.717) is 5.92 Å². The lowest BCUT2D eigenvalue weighted by molar-refractivity contribution is 0.637. The van der Waals surface area contributed by atoms with Gasteiger partial charge in [-0.1, -0.05) is 55.0 Å². The normalized spacial score (nSPS) is 11.6. The summed E-state index contributed by atoms with van der Waals surface area (Å²) in [5.41, 5.74) is 3.41. The molecule has 0 radical (unpaired) electrons. The molecular weight excluding hydrogens is 254 g/mol. The fraction of sp³-hybridized carbons (Fsp3) is 0.333. The van der Waals surface area contributed by atoms with Gasteiger partial charge in [0.05, 0.1) is 11.9 Å². The number of fused-ring (bicyclic) bond motifs is 1. The van der Waals surface area contributed by atoms with Gasteiger partial charge >= 0.3 is 0 Å². The van der Waals surface area contributed by atoms with Gasteiger partial charge in [0.2, 0.25) is 4.96 Å². The van der Waals surface area contributed by atoms with E-state index in [4.69, 9.17) is 0 Å². The molecule has 4 heteroatoms. The van der Waals surface area contributed by atoms with E-state index in [2.05, 4.69) is 55.1 Å². The molecule has 3 aromatic rings. The molecule has 0 atom stereocenters. The maximum Gasteiger partial charge on any atom is 0.212 e. The van der Waals surface area contributed by atoms with Gasteiger partial charge in [0.25, 0.3) is 0 Å². The van der Waals surface area contributed by atoms with Gasteiger partial charge in [0.15, 0.2) is 0 Å². The van der Waals surface area contributed by atoms with Crippen molar-refractivity contribution < 1.29 is 0 Å². The fourth-order valence-electron chi connectivity index (χ4n) is 2.04. The smallest absolute Gasteiger partial charge is 0.212 e. The first-order chi connectivity index (χ1) is 9.11. The second kappa shape index (κ2) is 4.78. The van der Waals surface area contributed by atoms with Crippen molar-refractivity contribution in [1.29, 1.82) is 0 Å². The quantitative estimate of drug-likeness (QED) is 0.721. The van der Waals surface area contributed by atoms with Crippen molar-refractivity contribution >= 4 is 16.3 Å². The molecule has 0 saturated carbocycles. The lowest BCUT2D eigenvalue weighted by Crippen LogP contribution is -1.94. The molecule has 0 bridgehead atoms. The molecule has 0 spiro atoms. The maximum atomic E-state index is 4.66. The molecule has 0 saturated heterocycles. The fourth-order valence-corrected chi connectivity index (χ4v) is 3.12. The zero-order valence-electron chi connectivity index (χ0n) is 11.4. The van der Waals surface area contributed by atoms with Crippen LogP contribution in [0, 0.1) is 12.8 Å². The van der Waals surface area contributed by atoms with Crippen LogP contribution >= 0.6 is 11.3 Å². The topological polar surface area (TPSA) is 30.2 Å². The lowest BCUT2D eigenvalue weighted by atomic mass is 10.1. The Morgan fingerprint density at radius 1 is 1.21 bits per heavy atom. The Morgan fingerprint density at radius 3 is 2.58 bits per heavy atom. The van der Waals surface area contributed by atoms with Gasteiger partial charge in [-0.3, -0.25) is 0 Å². The molecule has 98 valence electrons. The van der Waals surface area contributed by atoms with Crippen molar-refractivity contribution in [2.45, 2.75) is 27.2 Å². The number of rotatable bonds is 3. The average Bonchev–Trinajstić information content (AvgIpc) is 2.86. The standard InChI is InChI=1S/C15H17N3S/c1-10(2)8-14-17-18-9-13(16-15(18)19-14)12-6-4-11(3)5-7-12/h4-7,9-10H,8H2,1-3H3. The molecule has 0 fully saturated rings. The van der Waals surface area contributed by atoms with Crippen molar-refractivity contribution in [1.82, 2.24) is 14.6 Å². The van der Waals surface area contributed by atoms with Gasteiger partial charge in [-0.25, -0.2) is 9.50 Å². The monoisotopic (exact) mass is 271 g/mol. The van der Waals surface area contributed by atoms with Crippen molar-refractivity contribution in [2.24, 2.45) is 5.92 Å². The predicted molar refractivity (Wildman–Crippen MR) is 79.6 cm³/mol. The SMILES string of the molecule is Cc1ccc(-c2cn3nc(CC(C)C)sc3n2)cc1. The highest BCUT2D eigenvalue weighted by Crippen LogP contribution is 2.23.